The van der Waals surface area contributed by atoms with Crippen LogP contribution in [-0.4, -0.2) is 16.9 Å². The Hall–Kier alpha value is -2.16. The van der Waals surface area contributed by atoms with Crippen molar-refractivity contribution >= 4 is 23.4 Å². The average Bonchev–Trinajstić information content (AvgIpc) is 2.71. The molecular weight excluding hydrogens is 292 g/mol. The molecule has 2 N–H and O–H groups in total. The summed E-state index contributed by atoms with van der Waals surface area (Å²) < 4.78 is 31.5. The monoisotopic (exact) mass is 302 g/mol. The molecule has 0 radical (unpaired) electrons. The standard InChI is InChI=1S/C11H9F2N3O3S/c1-16-10(11(18)19-15-16)20-5-9(17)14-6-2-3-7(12)8(13)4-6/h2-4H,5H2,1H3,(H-,14,15,17,18)/p+1. The van der Waals surface area contributed by atoms with Crippen LogP contribution < -0.4 is 15.6 Å². The van der Waals surface area contributed by atoms with Crippen molar-refractivity contribution in [2.75, 3.05) is 11.1 Å². The summed E-state index contributed by atoms with van der Waals surface area (Å²) in [5.41, 5.74) is -0.446. The molecule has 0 fully saturated rings. The third kappa shape index (κ3) is 3.23. The second-order valence-electron chi connectivity index (χ2n) is 3.81. The van der Waals surface area contributed by atoms with Gasteiger partial charge in [0.1, 0.15) is 0 Å². The second-order valence-corrected chi connectivity index (χ2v) is 4.77. The minimum absolute atomic E-state index is 0.0740. The number of nitrogens with zero attached hydrogens (tertiary/aromatic N) is 1. The fourth-order valence-electron chi connectivity index (χ4n) is 1.39. The summed E-state index contributed by atoms with van der Waals surface area (Å²) in [5, 5.41) is 4.93. The largest absolute Gasteiger partial charge is 0.441 e. The summed E-state index contributed by atoms with van der Waals surface area (Å²) in [7, 11) is 1.56. The van der Waals surface area contributed by atoms with E-state index in [1.165, 1.54) is 10.7 Å². The van der Waals surface area contributed by atoms with Crippen molar-refractivity contribution in [3.63, 3.8) is 0 Å². The highest BCUT2D eigenvalue weighted by molar-refractivity contribution is 7.99. The van der Waals surface area contributed by atoms with Crippen molar-refractivity contribution in [1.82, 2.24) is 5.27 Å². The van der Waals surface area contributed by atoms with Crippen LogP contribution in [0.15, 0.2) is 32.5 Å². The first-order chi connectivity index (χ1) is 9.47. The van der Waals surface area contributed by atoms with Crippen LogP contribution in [0.1, 0.15) is 0 Å². The van der Waals surface area contributed by atoms with Crippen molar-refractivity contribution in [1.29, 1.82) is 0 Å². The van der Waals surface area contributed by atoms with Gasteiger partial charge in [-0.1, -0.05) is 4.68 Å². The van der Waals surface area contributed by atoms with E-state index in [0.717, 1.165) is 23.9 Å². The van der Waals surface area contributed by atoms with Gasteiger partial charge in [-0.15, -0.1) is 0 Å². The molecule has 1 heterocycles. The van der Waals surface area contributed by atoms with Crippen LogP contribution in [-0.2, 0) is 11.8 Å². The number of thioether (sulfide) groups is 1. The third-order valence-electron chi connectivity index (χ3n) is 2.30. The molecular formula is C11H10F2N3O3S+. The smallest absolute Gasteiger partial charge is 0.325 e. The minimum Gasteiger partial charge on any atom is -0.325 e. The second kappa shape index (κ2) is 5.87. The highest BCUT2D eigenvalue weighted by Gasteiger charge is 2.19. The highest BCUT2D eigenvalue weighted by Crippen LogP contribution is 2.14. The maximum absolute atomic E-state index is 13.0. The van der Waals surface area contributed by atoms with Crippen molar-refractivity contribution < 1.29 is 22.8 Å². The zero-order valence-electron chi connectivity index (χ0n) is 10.3. The maximum Gasteiger partial charge on any atom is 0.441 e. The molecule has 0 aliphatic rings. The fraction of sp³-hybridized carbons (Fsp3) is 0.182. The molecule has 0 spiro atoms. The molecule has 1 aromatic carbocycles. The zero-order chi connectivity index (χ0) is 14.7. The van der Waals surface area contributed by atoms with Gasteiger partial charge in [-0.25, -0.2) is 13.6 Å². The van der Waals surface area contributed by atoms with Gasteiger partial charge in [0.2, 0.25) is 5.91 Å². The number of benzene rings is 1. The summed E-state index contributed by atoms with van der Waals surface area (Å²) >= 11 is 0.961. The van der Waals surface area contributed by atoms with Crippen LogP contribution in [0.2, 0.25) is 0 Å². The first-order valence-electron chi connectivity index (χ1n) is 5.42. The maximum atomic E-state index is 13.0. The Morgan fingerprint density at radius 1 is 1.45 bits per heavy atom. The van der Waals surface area contributed by atoms with Gasteiger partial charge in [-0.2, -0.15) is 0 Å². The van der Waals surface area contributed by atoms with Crippen LogP contribution in [0.25, 0.3) is 0 Å². The Labute approximate surface area is 115 Å². The Bertz CT molecular complexity index is 698. The molecule has 0 aliphatic heterocycles. The van der Waals surface area contributed by atoms with Gasteiger partial charge in [0, 0.05) is 11.8 Å². The number of halogens is 2. The van der Waals surface area contributed by atoms with Crippen molar-refractivity contribution in [2.45, 2.75) is 5.03 Å². The van der Waals surface area contributed by atoms with Gasteiger partial charge in [0.15, 0.2) is 18.7 Å². The van der Waals surface area contributed by atoms with E-state index in [1.54, 1.807) is 7.05 Å². The third-order valence-corrected chi connectivity index (χ3v) is 3.42. The molecule has 20 heavy (non-hydrogen) atoms. The van der Waals surface area contributed by atoms with E-state index in [-0.39, 0.29) is 16.5 Å². The number of anilines is 1. The molecule has 0 unspecified atom stereocenters. The SMILES string of the molecule is C[n+]1[nH]oc(=O)c1SCC(=O)Nc1ccc(F)c(F)c1. The van der Waals surface area contributed by atoms with Crippen LogP contribution in [0, 0.1) is 11.6 Å². The number of aromatic nitrogens is 2. The normalized spacial score (nSPS) is 10.6. The number of hydrogen-bond donors (Lipinski definition) is 2. The predicted molar refractivity (Wildman–Crippen MR) is 66.2 cm³/mol. The topological polar surface area (TPSA) is 79.0 Å². The molecule has 0 saturated carbocycles. The van der Waals surface area contributed by atoms with E-state index in [2.05, 4.69) is 15.1 Å². The lowest BCUT2D eigenvalue weighted by Crippen LogP contribution is -2.34. The van der Waals surface area contributed by atoms with Gasteiger partial charge >= 0.3 is 10.7 Å². The van der Waals surface area contributed by atoms with Gasteiger partial charge in [0.05, 0.1) is 5.75 Å². The van der Waals surface area contributed by atoms with E-state index in [1.807, 2.05) is 0 Å². The molecule has 0 bridgehead atoms. The van der Waals surface area contributed by atoms with E-state index >= 15 is 0 Å². The molecule has 0 aliphatic carbocycles. The molecule has 0 atom stereocenters. The predicted octanol–water partition coefficient (Wildman–Crippen LogP) is 0.801. The van der Waals surface area contributed by atoms with Gasteiger partial charge in [-0.05, 0) is 29.2 Å². The number of H-pyrrole nitrogens is 1. The minimum atomic E-state index is -1.05. The van der Waals surface area contributed by atoms with Crippen LogP contribution in [0.4, 0.5) is 14.5 Å². The highest BCUT2D eigenvalue weighted by atomic mass is 32.2. The number of rotatable bonds is 4. The Balaban J connectivity index is 1.96. The molecule has 1 aromatic heterocycles. The van der Waals surface area contributed by atoms with Gasteiger partial charge in [-0.3, -0.25) is 9.32 Å². The molecule has 1 amide bonds. The molecule has 0 saturated heterocycles. The summed E-state index contributed by atoms with van der Waals surface area (Å²) in [5.74, 6) is -2.57. The number of amides is 1. The summed E-state index contributed by atoms with van der Waals surface area (Å²) in [4.78, 5) is 22.9. The summed E-state index contributed by atoms with van der Waals surface area (Å²) in [6, 6.07) is 3.03. The molecule has 2 aromatic rings. The van der Waals surface area contributed by atoms with Crippen molar-refractivity contribution in [3.8, 4) is 0 Å². The Morgan fingerprint density at radius 2 is 2.20 bits per heavy atom. The number of hydrogen-bond acceptors (Lipinski definition) is 4. The number of nitrogens with one attached hydrogen (secondary N) is 2. The molecule has 9 heteroatoms. The fourth-order valence-corrected chi connectivity index (χ4v) is 2.12. The van der Waals surface area contributed by atoms with E-state index < -0.39 is 23.2 Å². The molecule has 6 nitrogen and oxygen atoms in total. The van der Waals surface area contributed by atoms with Crippen LogP contribution >= 0.6 is 11.8 Å². The van der Waals surface area contributed by atoms with E-state index in [9.17, 15) is 18.4 Å². The number of carbonyl (C=O) groups excluding carboxylic acids is 1. The number of aryl methyl sites for hydroxylation is 1. The number of carbonyl (C=O) groups is 1. The average molecular weight is 302 g/mol. The summed E-state index contributed by atoms with van der Waals surface area (Å²) in [6.07, 6.45) is 0. The Morgan fingerprint density at radius 3 is 2.80 bits per heavy atom. The van der Waals surface area contributed by atoms with Gasteiger partial charge in [0.25, 0.3) is 0 Å². The summed E-state index contributed by atoms with van der Waals surface area (Å²) in [6.45, 7) is 0. The van der Waals surface area contributed by atoms with Crippen LogP contribution in [0.3, 0.4) is 0 Å². The Kier molecular flexibility index (Phi) is 4.18. The van der Waals surface area contributed by atoms with E-state index in [4.69, 9.17) is 0 Å². The van der Waals surface area contributed by atoms with Crippen LogP contribution in [0.5, 0.6) is 0 Å². The lowest BCUT2D eigenvalue weighted by molar-refractivity contribution is -0.772. The first-order valence-corrected chi connectivity index (χ1v) is 6.41. The van der Waals surface area contributed by atoms with Crippen molar-refractivity contribution in [2.24, 2.45) is 7.05 Å². The van der Waals surface area contributed by atoms with Gasteiger partial charge < -0.3 is 5.32 Å². The number of aromatic amines is 1. The lowest BCUT2D eigenvalue weighted by atomic mass is 10.3. The van der Waals surface area contributed by atoms with Crippen molar-refractivity contribution in [3.05, 3.63) is 40.3 Å². The molecule has 2 rings (SSSR count). The zero-order valence-corrected chi connectivity index (χ0v) is 11.1. The first kappa shape index (κ1) is 14.3. The quantitative estimate of drug-likeness (QED) is 0.647. The lowest BCUT2D eigenvalue weighted by Gasteiger charge is -2.03. The molecule has 106 valence electrons. The van der Waals surface area contributed by atoms with E-state index in [0.29, 0.717) is 0 Å².